The number of benzene rings is 1. The number of carbonyl (C=O) groups is 1. The summed E-state index contributed by atoms with van der Waals surface area (Å²) in [5.41, 5.74) is 8.09. The summed E-state index contributed by atoms with van der Waals surface area (Å²) in [4.78, 5) is 13.0. The van der Waals surface area contributed by atoms with Gasteiger partial charge in [0.2, 0.25) is 0 Å². The van der Waals surface area contributed by atoms with Gasteiger partial charge >= 0.3 is 5.97 Å². The number of hydrogen-bond donors (Lipinski definition) is 1. The van der Waals surface area contributed by atoms with Crippen LogP contribution in [0.4, 0.5) is 5.69 Å². The Morgan fingerprint density at radius 1 is 1.36 bits per heavy atom. The molecule has 2 aromatic heterocycles. The monoisotopic (exact) mass is 314 g/mol. The standard InChI is InChI=1S/C16H14N2O3S/c1-10-4-2-5-12(15(10)17)16(19)20-9-11-8-13(21-18-11)14-6-3-7-22-14/h2-8H,9,17H2,1H3. The number of thiophene rings is 1. The van der Waals surface area contributed by atoms with Crippen molar-refractivity contribution < 1.29 is 14.1 Å². The fourth-order valence-corrected chi connectivity index (χ4v) is 2.66. The molecule has 0 unspecified atom stereocenters. The average Bonchev–Trinajstić information content (AvgIpc) is 3.18. The fourth-order valence-electron chi connectivity index (χ4n) is 1.99. The van der Waals surface area contributed by atoms with Crippen molar-refractivity contribution in [2.45, 2.75) is 13.5 Å². The summed E-state index contributed by atoms with van der Waals surface area (Å²) in [5.74, 6) is 0.193. The Hall–Kier alpha value is -2.60. The van der Waals surface area contributed by atoms with Crippen molar-refractivity contribution in [3.63, 3.8) is 0 Å². The molecule has 0 aliphatic rings. The van der Waals surface area contributed by atoms with Gasteiger partial charge in [-0.1, -0.05) is 23.4 Å². The third kappa shape index (κ3) is 2.87. The number of carbonyl (C=O) groups excluding carboxylic acids is 1. The van der Waals surface area contributed by atoms with Crippen LogP contribution in [0.15, 0.2) is 46.3 Å². The lowest BCUT2D eigenvalue weighted by atomic mass is 10.1. The van der Waals surface area contributed by atoms with Gasteiger partial charge in [-0.2, -0.15) is 0 Å². The van der Waals surface area contributed by atoms with Crippen molar-refractivity contribution in [2.24, 2.45) is 0 Å². The second-order valence-corrected chi connectivity index (χ2v) is 5.72. The largest absolute Gasteiger partial charge is 0.455 e. The molecule has 5 nitrogen and oxygen atoms in total. The van der Waals surface area contributed by atoms with Gasteiger partial charge in [-0.3, -0.25) is 0 Å². The quantitative estimate of drug-likeness (QED) is 0.587. The van der Waals surface area contributed by atoms with Crippen molar-refractivity contribution in [1.29, 1.82) is 0 Å². The summed E-state index contributed by atoms with van der Waals surface area (Å²) in [5, 5.41) is 5.86. The minimum Gasteiger partial charge on any atom is -0.455 e. The maximum absolute atomic E-state index is 12.1. The Morgan fingerprint density at radius 3 is 3.00 bits per heavy atom. The van der Waals surface area contributed by atoms with Gasteiger partial charge in [0.15, 0.2) is 5.76 Å². The number of aryl methyl sites for hydroxylation is 1. The maximum Gasteiger partial charge on any atom is 0.340 e. The zero-order chi connectivity index (χ0) is 15.5. The summed E-state index contributed by atoms with van der Waals surface area (Å²) in [6.07, 6.45) is 0. The van der Waals surface area contributed by atoms with Crippen LogP contribution >= 0.6 is 11.3 Å². The number of esters is 1. The number of nitrogens with zero attached hydrogens (tertiary/aromatic N) is 1. The topological polar surface area (TPSA) is 78.3 Å². The molecule has 0 saturated carbocycles. The highest BCUT2D eigenvalue weighted by molar-refractivity contribution is 7.13. The number of aromatic nitrogens is 1. The summed E-state index contributed by atoms with van der Waals surface area (Å²) in [6.45, 7) is 1.89. The Balaban J connectivity index is 1.68. The second-order valence-electron chi connectivity index (χ2n) is 4.77. The van der Waals surface area contributed by atoms with Gasteiger partial charge in [-0.15, -0.1) is 11.3 Å². The molecule has 2 N–H and O–H groups in total. The Bertz CT molecular complexity index is 794. The third-order valence-electron chi connectivity index (χ3n) is 3.22. The summed E-state index contributed by atoms with van der Waals surface area (Å²) >= 11 is 1.56. The van der Waals surface area contributed by atoms with Crippen LogP contribution in [0.3, 0.4) is 0 Å². The second kappa shape index (κ2) is 6.03. The molecule has 0 atom stereocenters. The third-order valence-corrected chi connectivity index (χ3v) is 4.10. The minimum atomic E-state index is -0.470. The molecule has 3 rings (SSSR count). The molecule has 0 bridgehead atoms. The van der Waals surface area contributed by atoms with Crippen LogP contribution in [0.25, 0.3) is 10.6 Å². The lowest BCUT2D eigenvalue weighted by Crippen LogP contribution is -2.09. The van der Waals surface area contributed by atoms with Gasteiger partial charge in [0, 0.05) is 11.8 Å². The van der Waals surface area contributed by atoms with E-state index >= 15 is 0 Å². The van der Waals surface area contributed by atoms with E-state index in [4.69, 9.17) is 15.0 Å². The first kappa shape index (κ1) is 14.3. The van der Waals surface area contributed by atoms with E-state index in [1.54, 1.807) is 29.5 Å². The minimum absolute atomic E-state index is 0.0427. The molecular formula is C16H14N2O3S. The molecule has 0 amide bonds. The zero-order valence-electron chi connectivity index (χ0n) is 11.9. The first-order valence-corrected chi connectivity index (χ1v) is 7.55. The van der Waals surface area contributed by atoms with Crippen LogP contribution in [0.1, 0.15) is 21.6 Å². The number of nitrogen functional groups attached to an aromatic ring is 1. The highest BCUT2D eigenvalue weighted by Crippen LogP contribution is 2.25. The zero-order valence-corrected chi connectivity index (χ0v) is 12.7. The van der Waals surface area contributed by atoms with E-state index in [1.807, 2.05) is 30.5 Å². The van der Waals surface area contributed by atoms with Gasteiger partial charge in [-0.25, -0.2) is 4.79 Å². The summed E-state index contributed by atoms with van der Waals surface area (Å²) < 4.78 is 10.5. The summed E-state index contributed by atoms with van der Waals surface area (Å²) in [7, 11) is 0. The van der Waals surface area contributed by atoms with E-state index in [2.05, 4.69) is 5.16 Å². The van der Waals surface area contributed by atoms with Crippen LogP contribution < -0.4 is 5.73 Å². The van der Waals surface area contributed by atoms with E-state index in [0.29, 0.717) is 22.7 Å². The van der Waals surface area contributed by atoms with Crippen LogP contribution in [0, 0.1) is 6.92 Å². The van der Waals surface area contributed by atoms with Crippen LogP contribution in [0.2, 0.25) is 0 Å². The molecule has 6 heteroatoms. The number of para-hydroxylation sites is 1. The van der Waals surface area contributed by atoms with Crippen LogP contribution in [0.5, 0.6) is 0 Å². The normalized spacial score (nSPS) is 10.6. The van der Waals surface area contributed by atoms with Gasteiger partial charge < -0.3 is 15.0 Å². The highest BCUT2D eigenvalue weighted by Gasteiger charge is 2.14. The van der Waals surface area contributed by atoms with Crippen molar-refractivity contribution in [3.05, 3.63) is 58.6 Å². The van der Waals surface area contributed by atoms with Crippen LogP contribution in [-0.2, 0) is 11.3 Å². The number of nitrogens with two attached hydrogens (primary N) is 1. The number of hydrogen-bond acceptors (Lipinski definition) is 6. The molecule has 112 valence electrons. The smallest absolute Gasteiger partial charge is 0.340 e. The molecule has 0 radical (unpaired) electrons. The lowest BCUT2D eigenvalue weighted by molar-refractivity contribution is 0.0465. The van der Waals surface area contributed by atoms with Gasteiger partial charge in [-0.05, 0) is 30.0 Å². The average molecular weight is 314 g/mol. The van der Waals surface area contributed by atoms with Crippen molar-refractivity contribution >= 4 is 23.0 Å². The number of rotatable bonds is 4. The molecule has 1 aromatic carbocycles. The van der Waals surface area contributed by atoms with Crippen LogP contribution in [-0.4, -0.2) is 11.1 Å². The van der Waals surface area contributed by atoms with Crippen molar-refractivity contribution in [3.8, 4) is 10.6 Å². The van der Waals surface area contributed by atoms with E-state index in [-0.39, 0.29) is 6.61 Å². The lowest BCUT2D eigenvalue weighted by Gasteiger charge is -2.07. The molecule has 0 aliphatic heterocycles. The maximum atomic E-state index is 12.1. The fraction of sp³-hybridized carbons (Fsp3) is 0.125. The van der Waals surface area contributed by atoms with E-state index in [1.165, 1.54) is 0 Å². The van der Waals surface area contributed by atoms with Gasteiger partial charge in [0.05, 0.1) is 10.4 Å². The SMILES string of the molecule is Cc1cccc(C(=O)OCc2cc(-c3cccs3)on2)c1N. The van der Waals surface area contributed by atoms with E-state index in [0.717, 1.165) is 10.4 Å². The molecule has 2 heterocycles. The molecule has 3 aromatic rings. The van der Waals surface area contributed by atoms with Crippen molar-refractivity contribution in [2.75, 3.05) is 5.73 Å². The highest BCUT2D eigenvalue weighted by atomic mass is 32.1. The first-order valence-electron chi connectivity index (χ1n) is 6.67. The predicted molar refractivity (Wildman–Crippen MR) is 84.5 cm³/mol. The Kier molecular flexibility index (Phi) is 3.93. The number of anilines is 1. The van der Waals surface area contributed by atoms with Gasteiger partial charge in [0.1, 0.15) is 12.3 Å². The number of ether oxygens (including phenoxy) is 1. The molecule has 0 aliphatic carbocycles. The molecule has 0 fully saturated rings. The van der Waals surface area contributed by atoms with E-state index < -0.39 is 5.97 Å². The Labute approximate surface area is 131 Å². The molecule has 0 spiro atoms. The summed E-state index contributed by atoms with van der Waals surface area (Å²) in [6, 6.07) is 10.9. The molecular weight excluding hydrogens is 300 g/mol. The Morgan fingerprint density at radius 2 is 2.23 bits per heavy atom. The van der Waals surface area contributed by atoms with Gasteiger partial charge in [0.25, 0.3) is 0 Å². The molecule has 22 heavy (non-hydrogen) atoms. The van der Waals surface area contributed by atoms with Crippen molar-refractivity contribution in [1.82, 2.24) is 5.16 Å². The predicted octanol–water partition coefficient (Wildman–Crippen LogP) is 3.65. The molecule has 0 saturated heterocycles. The first-order chi connectivity index (χ1) is 10.6. The van der Waals surface area contributed by atoms with E-state index in [9.17, 15) is 4.79 Å².